The lowest BCUT2D eigenvalue weighted by atomic mass is 9.88. The number of carbonyl (C=O) groups excluding carboxylic acids is 12. The molecule has 0 saturated carbocycles. The van der Waals surface area contributed by atoms with Gasteiger partial charge in [-0.15, -0.1) is 11.3 Å². The van der Waals surface area contributed by atoms with E-state index in [1.165, 1.54) is 12.7 Å². The topological polar surface area (TPSA) is 489 Å². The van der Waals surface area contributed by atoms with Gasteiger partial charge in [0.05, 0.1) is 87.3 Å². The Bertz CT molecular complexity index is 8130. The van der Waals surface area contributed by atoms with Crippen LogP contribution in [0.3, 0.4) is 0 Å². The van der Waals surface area contributed by atoms with Crippen molar-refractivity contribution in [3.05, 3.63) is 297 Å². The molecule has 40 nitrogen and oxygen atoms in total. The Labute approximate surface area is 854 Å². The van der Waals surface area contributed by atoms with Gasteiger partial charge in [0.25, 0.3) is 47.3 Å². The zero-order valence-electron chi connectivity index (χ0n) is 82.1. The van der Waals surface area contributed by atoms with Crippen LogP contribution in [0.5, 0.6) is 23.0 Å². The average molecular weight is 2020 g/mol. The number of aliphatic hydroxyl groups is 1. The maximum Gasteiger partial charge on any atom is 0.322 e. The van der Waals surface area contributed by atoms with Crippen molar-refractivity contribution in [3.8, 4) is 79.6 Å². The van der Waals surface area contributed by atoms with Crippen molar-refractivity contribution in [1.29, 1.82) is 0 Å². The third kappa shape index (κ3) is 18.0. The predicted molar refractivity (Wildman–Crippen MR) is 544 cm³/mol. The minimum Gasteiger partial charge on any atom is -0.497 e. The quantitative estimate of drug-likeness (QED) is 0.0212. The number of amides is 16. The molecule has 8 aliphatic rings. The highest BCUT2D eigenvalue weighted by Crippen LogP contribution is 2.43. The van der Waals surface area contributed by atoms with Crippen LogP contribution in [-0.4, -0.2) is 211 Å². The van der Waals surface area contributed by atoms with Crippen LogP contribution in [0.4, 0.5) is 19.2 Å². The van der Waals surface area contributed by atoms with Crippen LogP contribution in [-0.2, 0) is 74.6 Å². The highest BCUT2D eigenvalue weighted by Gasteiger charge is 2.55. The molecule has 0 spiro atoms. The number of nitrogens with zero attached hydrogens (tertiary/aromatic N) is 15. The second-order valence-electron chi connectivity index (χ2n) is 37.4. The highest BCUT2D eigenvalue weighted by molar-refractivity contribution is 7.16. The number of aryl methyl sites for hydroxylation is 2. The van der Waals surface area contributed by atoms with Gasteiger partial charge in [0.15, 0.2) is 33.5 Å². The molecule has 15 aromatic rings. The first kappa shape index (κ1) is 98.0. The molecule has 9 aromatic carbocycles. The number of aliphatic hydroxyl groups excluding tert-OH is 1. The molecule has 9 N–H and O–H groups in total. The number of hydrogen-bond acceptors (Lipinski definition) is 26. The first-order valence-corrected chi connectivity index (χ1v) is 48.4. The maximum absolute atomic E-state index is 13.3. The molecule has 0 unspecified atom stereocenters. The Kier molecular flexibility index (Phi) is 25.8. The zero-order valence-corrected chi connectivity index (χ0v) is 82.9. The van der Waals surface area contributed by atoms with E-state index in [0.29, 0.717) is 110 Å². The molecule has 4 fully saturated rings. The predicted octanol–water partition coefficient (Wildman–Crippen LogP) is 11.0. The first-order chi connectivity index (χ1) is 71.8. The SMILES string of the molecule is COc1ccc2c(c1)C(=O)N(C[C@@]1(c3ccc(-c4ccc5ncsc5c4)cc3)NC(=O)NC1=O)C2.COc1ccc2c(c1)C(=O)N(C[C@@]1(c3ccc(-c4ncnc5c4ncn5C(C)C)cc3)NC(=O)NC1=O)C2.COc1ccc2c(c1)C(=O)N(C[C@@]1(c3ccc(-c4ncnc5ncn(C(C)C)c45)cc3)NC(=O)NC1=O)C2.Cc1nn(C)c(C)c1-c1ccc([C@]2(CN3Cc4ccc(OCC#CCO)cc4C3=O)NC(=O)NC2=O)cc1. The molecular weight excluding hydrogens is 1920 g/mol. The van der Waals surface area contributed by atoms with Gasteiger partial charge < -0.3 is 74.1 Å². The molecule has 23 rings (SSSR count). The zero-order chi connectivity index (χ0) is 104. The van der Waals surface area contributed by atoms with Gasteiger partial charge in [-0.3, -0.25) is 64.3 Å². The fourth-order valence-corrected chi connectivity index (χ4v) is 20.9. The Hall–Kier alpha value is -18.5. The van der Waals surface area contributed by atoms with Gasteiger partial charge in [0.1, 0.15) is 65.6 Å². The van der Waals surface area contributed by atoms with Crippen LogP contribution < -0.4 is 61.5 Å². The average Bonchev–Trinajstić information content (AvgIpc) is 1.62. The number of imidazole rings is 2. The van der Waals surface area contributed by atoms with Crippen LogP contribution in [0.15, 0.2) is 219 Å². The number of thiazole rings is 1. The summed E-state index contributed by atoms with van der Waals surface area (Å²) < 4.78 is 28.2. The van der Waals surface area contributed by atoms with Crippen molar-refractivity contribution in [3.63, 3.8) is 0 Å². The van der Waals surface area contributed by atoms with E-state index in [9.17, 15) is 57.5 Å². The summed E-state index contributed by atoms with van der Waals surface area (Å²) in [6.07, 6.45) is 6.47. The summed E-state index contributed by atoms with van der Waals surface area (Å²) in [4.78, 5) is 192. The smallest absolute Gasteiger partial charge is 0.322 e. The molecule has 0 bridgehead atoms. The minimum atomic E-state index is -1.45. The van der Waals surface area contributed by atoms with Crippen LogP contribution in [0, 0.1) is 25.7 Å². The number of nitrogens with one attached hydrogen (secondary N) is 8. The van der Waals surface area contributed by atoms with E-state index in [1.807, 2.05) is 131 Å². The fraction of sp³-hybridized carbons (Fsp3) is 0.241. The third-order valence-electron chi connectivity index (χ3n) is 27.9. The highest BCUT2D eigenvalue weighted by atomic mass is 32.1. The molecule has 41 heteroatoms. The molecule has 8 aliphatic heterocycles. The number of urea groups is 4. The monoisotopic (exact) mass is 2020 g/mol. The van der Waals surface area contributed by atoms with E-state index >= 15 is 0 Å². The van der Waals surface area contributed by atoms with Crippen LogP contribution >= 0.6 is 11.3 Å². The summed E-state index contributed by atoms with van der Waals surface area (Å²) in [6.45, 7) is 13.2. The van der Waals surface area contributed by atoms with Crippen LogP contribution in [0.2, 0.25) is 0 Å². The van der Waals surface area contributed by atoms with Gasteiger partial charge in [0.2, 0.25) is 0 Å². The van der Waals surface area contributed by atoms with E-state index in [1.54, 1.807) is 156 Å². The van der Waals surface area contributed by atoms with E-state index in [4.69, 9.17) is 24.1 Å². The van der Waals surface area contributed by atoms with Crippen molar-refractivity contribution in [2.45, 2.75) is 102 Å². The van der Waals surface area contributed by atoms with Gasteiger partial charge in [-0.05, 0) is 163 Å². The summed E-state index contributed by atoms with van der Waals surface area (Å²) in [5.41, 5.74) is 16.3. The number of benzene rings is 9. The number of methoxy groups -OCH3 is 3. The molecule has 0 aliphatic carbocycles. The molecule has 14 heterocycles. The second kappa shape index (κ2) is 39.2. The maximum atomic E-state index is 13.3. The third-order valence-corrected chi connectivity index (χ3v) is 28.7. The fourth-order valence-electron chi connectivity index (χ4n) is 20.1. The van der Waals surface area contributed by atoms with Crippen LogP contribution in [0.1, 0.15) is 137 Å². The number of aromatic nitrogens is 11. The lowest BCUT2D eigenvalue weighted by Gasteiger charge is -2.31. The number of imide groups is 4. The Morgan fingerprint density at radius 1 is 0.409 bits per heavy atom. The largest absolute Gasteiger partial charge is 0.497 e. The standard InChI is InChI=1S/C28H27N5O5.2C27H25N7O4.C26H20N4O4S/c1-17-24(18(2)32(3)31-17)19-6-9-21(10-7-19)28(26(36)29-27(37)30-28)16-33-15-20-8-11-22(14-23(20)25(33)35)38-13-5-4-12-34;1-15(2)34-14-30-23-22(34)21(28-13-29-23)16-4-7-18(8-5-16)27(25(36)31-26(37)32-27)12-33-11-17-6-9-19(38-3)10-20(17)24(33)35;1-15(2)34-14-30-22-21(28-13-29-23(22)34)16-4-7-18(8-5-16)27(25(36)31-26(37)32-27)12-33-11-17-6-9-19(38-3)10-20(17)24(33)35;1-34-19-8-4-17-12-30(23(31)20(17)11-19)13-26(24(32)28-25(33)29-26)18-6-2-15(3-7-18)16-5-9-21-22(10-16)35-14-27-21/h6-11,14,34H,12-13,15-16H2,1-3H3,(H2,29,30,36,37);2*4-10,13-15H,11-12H2,1-3H3,(H2,31,32,36,37);2-11,14H,12-13H2,1H3,(H2,28,29,32,33)/t28-;2*27-;26-/m0000/s1. The lowest BCUT2D eigenvalue weighted by molar-refractivity contribution is -0.125. The summed E-state index contributed by atoms with van der Waals surface area (Å²) in [5, 5.41) is 33.7. The second-order valence-corrected chi connectivity index (χ2v) is 38.3. The van der Waals surface area contributed by atoms with E-state index < -0.39 is 69.9 Å². The lowest BCUT2D eigenvalue weighted by Crippen LogP contribution is -2.52. The van der Waals surface area contributed by atoms with Crippen molar-refractivity contribution in [1.82, 2.24) is 116 Å². The van der Waals surface area contributed by atoms with Crippen LogP contribution in [0.25, 0.3) is 77.3 Å². The Morgan fingerprint density at radius 2 is 0.792 bits per heavy atom. The van der Waals surface area contributed by atoms with Crippen molar-refractivity contribution < 1.29 is 81.6 Å². The summed E-state index contributed by atoms with van der Waals surface area (Å²) in [6, 6.07) is 54.5. The molecule has 752 valence electrons. The summed E-state index contributed by atoms with van der Waals surface area (Å²) >= 11 is 1.58. The number of rotatable bonds is 23. The Balaban J connectivity index is 0.000000120. The molecule has 0 radical (unpaired) electrons. The molecule has 4 saturated heterocycles. The molecule has 16 amide bonds. The van der Waals surface area contributed by atoms with E-state index in [0.717, 1.165) is 88.4 Å². The number of fused-ring (bicyclic) bond motifs is 7. The van der Waals surface area contributed by atoms with Gasteiger partial charge >= 0.3 is 24.1 Å². The van der Waals surface area contributed by atoms with E-state index in [2.05, 4.69) is 128 Å². The minimum absolute atomic E-state index is 0.00652. The molecular formula is C108H97N23O17S. The molecule has 149 heavy (non-hydrogen) atoms. The van der Waals surface area contributed by atoms with Crippen molar-refractivity contribution in [2.24, 2.45) is 7.05 Å². The van der Waals surface area contributed by atoms with Gasteiger partial charge in [-0.25, -0.2) is 54.1 Å². The summed E-state index contributed by atoms with van der Waals surface area (Å²) in [5.74, 6) is 4.43. The number of carbonyl (C=O) groups is 12. The first-order valence-electron chi connectivity index (χ1n) is 47.5. The number of hydrogen-bond donors (Lipinski definition) is 9. The van der Waals surface area contributed by atoms with Gasteiger partial charge in [-0.2, -0.15) is 5.10 Å². The van der Waals surface area contributed by atoms with Crippen molar-refractivity contribution in [2.75, 3.05) is 60.7 Å². The molecule has 6 aromatic heterocycles. The normalized spacial score (nSPS) is 18.7. The van der Waals surface area contributed by atoms with Gasteiger partial charge in [0, 0.05) is 89.9 Å². The summed E-state index contributed by atoms with van der Waals surface area (Å²) in [7, 11) is 6.52. The molecule has 4 atom stereocenters. The number of ether oxygens (including phenoxy) is 4. The van der Waals surface area contributed by atoms with Gasteiger partial charge in [-0.1, -0.05) is 139 Å². The van der Waals surface area contributed by atoms with Crippen molar-refractivity contribution >= 4 is 115 Å². The van der Waals surface area contributed by atoms with E-state index in [-0.39, 0.29) is 81.6 Å². The Morgan fingerprint density at radius 3 is 1.19 bits per heavy atom.